The van der Waals surface area contributed by atoms with Gasteiger partial charge in [0.1, 0.15) is 0 Å². The first-order chi connectivity index (χ1) is 9.83. The third kappa shape index (κ3) is 6.01. The molecule has 1 rings (SSSR count). The molecule has 4 heteroatoms. The number of nitrogens with zero attached hydrogens (tertiary/aromatic N) is 1. The lowest BCUT2D eigenvalue weighted by atomic mass is 10.1. The van der Waals surface area contributed by atoms with E-state index in [4.69, 9.17) is 15.2 Å². The molecule has 1 atom stereocenters. The molecule has 0 aliphatic heterocycles. The van der Waals surface area contributed by atoms with Gasteiger partial charge < -0.3 is 15.2 Å². The summed E-state index contributed by atoms with van der Waals surface area (Å²) < 4.78 is 11.0. The third-order valence-electron chi connectivity index (χ3n) is 3.30. The summed E-state index contributed by atoms with van der Waals surface area (Å²) >= 11 is 0. The van der Waals surface area contributed by atoms with E-state index in [1.54, 1.807) is 0 Å². The van der Waals surface area contributed by atoms with E-state index >= 15 is 0 Å². The fourth-order valence-corrected chi connectivity index (χ4v) is 2.25. The van der Waals surface area contributed by atoms with Crippen molar-refractivity contribution >= 4 is 0 Å². The van der Waals surface area contributed by atoms with E-state index in [-0.39, 0.29) is 6.04 Å². The first kappa shape index (κ1) is 17.1. The van der Waals surface area contributed by atoms with Gasteiger partial charge in [-0.25, -0.2) is 0 Å². The molecule has 0 amide bonds. The summed E-state index contributed by atoms with van der Waals surface area (Å²) in [5.74, 6) is 0. The van der Waals surface area contributed by atoms with Gasteiger partial charge in [-0.05, 0) is 19.4 Å². The summed E-state index contributed by atoms with van der Waals surface area (Å²) in [4.78, 5) is 2.35. The van der Waals surface area contributed by atoms with Gasteiger partial charge >= 0.3 is 0 Å². The molecule has 0 radical (unpaired) electrons. The molecule has 114 valence electrons. The van der Waals surface area contributed by atoms with Crippen molar-refractivity contribution < 1.29 is 9.47 Å². The monoisotopic (exact) mass is 280 g/mol. The normalized spacial score (nSPS) is 12.8. The Balaban J connectivity index is 2.66. The Bertz CT molecular complexity index is 323. The molecule has 2 N–H and O–H groups in total. The number of hydrogen-bond donors (Lipinski definition) is 1. The lowest BCUT2D eigenvalue weighted by Crippen LogP contribution is -2.38. The molecule has 0 saturated carbocycles. The van der Waals surface area contributed by atoms with E-state index in [0.717, 1.165) is 39.5 Å². The lowest BCUT2D eigenvalue weighted by Gasteiger charge is -2.31. The Hall–Kier alpha value is -0.940. The van der Waals surface area contributed by atoms with Crippen molar-refractivity contribution in [2.24, 2.45) is 5.73 Å². The highest BCUT2D eigenvalue weighted by atomic mass is 16.5. The van der Waals surface area contributed by atoms with Crippen LogP contribution in [0.5, 0.6) is 0 Å². The minimum atomic E-state index is 0.220. The van der Waals surface area contributed by atoms with E-state index in [9.17, 15) is 0 Å². The molecule has 0 saturated heterocycles. The molecule has 1 aromatic carbocycles. The maximum absolute atomic E-state index is 5.99. The van der Waals surface area contributed by atoms with Crippen LogP contribution in [0.4, 0.5) is 0 Å². The second-order valence-corrected chi connectivity index (χ2v) is 4.59. The first-order valence-electron chi connectivity index (χ1n) is 7.48. The second-order valence-electron chi connectivity index (χ2n) is 4.59. The maximum Gasteiger partial charge on any atom is 0.0593 e. The van der Waals surface area contributed by atoms with Crippen LogP contribution >= 0.6 is 0 Å². The largest absolute Gasteiger partial charge is 0.380 e. The molecular weight excluding hydrogens is 252 g/mol. The SMILES string of the molecule is CCOCCN(CCOCC)C(CN)c1ccccc1. The molecule has 0 aliphatic carbocycles. The average molecular weight is 280 g/mol. The maximum atomic E-state index is 5.99. The second kappa shape index (κ2) is 10.8. The topological polar surface area (TPSA) is 47.7 Å². The van der Waals surface area contributed by atoms with Gasteiger partial charge in [0, 0.05) is 38.9 Å². The van der Waals surface area contributed by atoms with Crippen LogP contribution in [0, 0.1) is 0 Å². The van der Waals surface area contributed by atoms with Gasteiger partial charge in [-0.1, -0.05) is 30.3 Å². The molecule has 1 aromatic rings. The highest BCUT2D eigenvalue weighted by molar-refractivity contribution is 5.19. The summed E-state index contributed by atoms with van der Waals surface area (Å²) in [6.07, 6.45) is 0. The molecular formula is C16H28N2O2. The fourth-order valence-electron chi connectivity index (χ4n) is 2.25. The third-order valence-corrected chi connectivity index (χ3v) is 3.30. The predicted molar refractivity (Wildman–Crippen MR) is 82.8 cm³/mol. The van der Waals surface area contributed by atoms with Crippen LogP contribution in [0.2, 0.25) is 0 Å². The molecule has 20 heavy (non-hydrogen) atoms. The van der Waals surface area contributed by atoms with Gasteiger partial charge in [-0.3, -0.25) is 4.90 Å². The van der Waals surface area contributed by atoms with Gasteiger partial charge in [-0.2, -0.15) is 0 Å². The number of nitrogens with two attached hydrogens (primary N) is 1. The smallest absolute Gasteiger partial charge is 0.0593 e. The molecule has 1 unspecified atom stereocenters. The van der Waals surface area contributed by atoms with Gasteiger partial charge in [0.15, 0.2) is 0 Å². The van der Waals surface area contributed by atoms with Crippen LogP contribution in [0.25, 0.3) is 0 Å². The summed E-state index contributed by atoms with van der Waals surface area (Å²) in [5, 5.41) is 0. The van der Waals surface area contributed by atoms with Crippen molar-refractivity contribution in [1.29, 1.82) is 0 Å². The van der Waals surface area contributed by atoms with Crippen molar-refractivity contribution in [3.63, 3.8) is 0 Å². The Labute approximate surface area is 122 Å². The van der Waals surface area contributed by atoms with Crippen molar-refractivity contribution in [1.82, 2.24) is 4.90 Å². The standard InChI is InChI=1S/C16H28N2O2/c1-3-19-12-10-18(11-13-20-4-2)16(14-17)15-8-6-5-7-9-15/h5-9,16H,3-4,10-14,17H2,1-2H3. The van der Waals surface area contributed by atoms with Gasteiger partial charge in [0.25, 0.3) is 0 Å². The van der Waals surface area contributed by atoms with Crippen LogP contribution in [0.3, 0.4) is 0 Å². The van der Waals surface area contributed by atoms with Gasteiger partial charge in [0.2, 0.25) is 0 Å². The zero-order valence-electron chi connectivity index (χ0n) is 12.8. The van der Waals surface area contributed by atoms with E-state index in [1.165, 1.54) is 5.56 Å². The minimum Gasteiger partial charge on any atom is -0.380 e. The van der Waals surface area contributed by atoms with E-state index < -0.39 is 0 Å². The number of ether oxygens (including phenoxy) is 2. The molecule has 0 heterocycles. The van der Waals surface area contributed by atoms with E-state index in [2.05, 4.69) is 29.2 Å². The Morgan fingerprint density at radius 1 is 1.00 bits per heavy atom. The number of benzene rings is 1. The highest BCUT2D eigenvalue weighted by Crippen LogP contribution is 2.18. The summed E-state index contributed by atoms with van der Waals surface area (Å²) in [6, 6.07) is 10.6. The highest BCUT2D eigenvalue weighted by Gasteiger charge is 2.18. The molecule has 0 aliphatic rings. The average Bonchev–Trinajstić information content (AvgIpc) is 2.49. The first-order valence-corrected chi connectivity index (χ1v) is 7.48. The van der Waals surface area contributed by atoms with Crippen molar-refractivity contribution in [2.45, 2.75) is 19.9 Å². The Morgan fingerprint density at radius 2 is 1.55 bits per heavy atom. The molecule has 0 spiro atoms. The van der Waals surface area contributed by atoms with Gasteiger partial charge in [0.05, 0.1) is 13.2 Å². The lowest BCUT2D eigenvalue weighted by molar-refractivity contribution is 0.0640. The number of hydrogen-bond acceptors (Lipinski definition) is 4. The molecule has 0 fully saturated rings. The molecule has 0 bridgehead atoms. The zero-order chi connectivity index (χ0) is 14.6. The summed E-state index contributed by atoms with van der Waals surface area (Å²) in [7, 11) is 0. The molecule has 0 aromatic heterocycles. The van der Waals surface area contributed by atoms with Crippen LogP contribution in [0.1, 0.15) is 25.5 Å². The zero-order valence-corrected chi connectivity index (χ0v) is 12.8. The van der Waals surface area contributed by atoms with Crippen LogP contribution in [-0.2, 0) is 9.47 Å². The Morgan fingerprint density at radius 3 is 2.00 bits per heavy atom. The van der Waals surface area contributed by atoms with Crippen LogP contribution in [0.15, 0.2) is 30.3 Å². The molecule has 4 nitrogen and oxygen atoms in total. The number of rotatable bonds is 11. The van der Waals surface area contributed by atoms with Crippen molar-refractivity contribution in [3.05, 3.63) is 35.9 Å². The van der Waals surface area contributed by atoms with Crippen LogP contribution < -0.4 is 5.73 Å². The van der Waals surface area contributed by atoms with E-state index in [1.807, 2.05) is 19.9 Å². The van der Waals surface area contributed by atoms with Crippen LogP contribution in [-0.4, -0.2) is 51.0 Å². The van der Waals surface area contributed by atoms with Crippen molar-refractivity contribution in [2.75, 3.05) is 46.1 Å². The summed E-state index contributed by atoms with van der Waals surface area (Å²) in [6.45, 7) is 9.33. The summed E-state index contributed by atoms with van der Waals surface area (Å²) in [5.41, 5.74) is 7.24. The van der Waals surface area contributed by atoms with E-state index in [0.29, 0.717) is 6.54 Å². The fraction of sp³-hybridized carbons (Fsp3) is 0.625. The Kier molecular flexibility index (Phi) is 9.24. The van der Waals surface area contributed by atoms with Gasteiger partial charge in [-0.15, -0.1) is 0 Å². The predicted octanol–water partition coefficient (Wildman–Crippen LogP) is 2.06. The minimum absolute atomic E-state index is 0.220. The quantitative estimate of drug-likeness (QED) is 0.630. The van der Waals surface area contributed by atoms with Crippen molar-refractivity contribution in [3.8, 4) is 0 Å².